The number of sulfonamides is 1. The Bertz CT molecular complexity index is 1510. The van der Waals surface area contributed by atoms with Crippen LogP contribution in [0.1, 0.15) is 73.3 Å². The lowest BCUT2D eigenvalue weighted by atomic mass is 10.0. The number of nitrogens with zero attached hydrogens (tertiary/aromatic N) is 2. The highest BCUT2D eigenvalue weighted by Crippen LogP contribution is 2.40. The third-order valence-corrected chi connectivity index (χ3v) is 7.44. The summed E-state index contributed by atoms with van der Waals surface area (Å²) in [5.41, 5.74) is -2.39. The Morgan fingerprint density at radius 1 is 1.20 bits per heavy atom. The van der Waals surface area contributed by atoms with Gasteiger partial charge in [-0.1, -0.05) is 20.8 Å². The highest BCUT2D eigenvalue weighted by molar-refractivity contribution is 7.95. The van der Waals surface area contributed by atoms with Gasteiger partial charge in [0.25, 0.3) is 15.9 Å². The number of hydrogen-bond acceptors (Lipinski definition) is 9. The van der Waals surface area contributed by atoms with Gasteiger partial charge in [-0.15, -0.1) is 4.40 Å². The van der Waals surface area contributed by atoms with E-state index in [1.807, 2.05) is 13.8 Å². The molecule has 0 unspecified atom stereocenters. The third kappa shape index (κ3) is 6.50. The predicted molar refractivity (Wildman–Crippen MR) is 144 cm³/mol. The standard InChI is InChI=1S/C26H31F3N4O7S/c1-7-16(18-11-14(12-40-18)13(3)4)30-20-22(25(36)39-8-2)41(37,38)32-23(20)31-17-10-9-15(26(27,28)29)19(21(17)34)24(35)33(5)6/h9-13,16,30,34H,7-8H2,1-6H3,(H,31,32)/t16-/m1/s1. The number of amides is 1. The number of rotatable bonds is 9. The minimum Gasteiger partial charge on any atom is -0.505 e. The van der Waals surface area contributed by atoms with Crippen molar-refractivity contribution in [1.29, 1.82) is 0 Å². The average Bonchev–Trinajstić information content (AvgIpc) is 3.45. The molecule has 3 rings (SSSR count). The van der Waals surface area contributed by atoms with E-state index in [2.05, 4.69) is 15.0 Å². The average molecular weight is 601 g/mol. The molecule has 0 spiro atoms. The van der Waals surface area contributed by atoms with Crippen LogP contribution in [-0.4, -0.2) is 56.8 Å². The summed E-state index contributed by atoms with van der Waals surface area (Å²) < 4.78 is 81.2. The molecule has 11 nitrogen and oxygen atoms in total. The van der Waals surface area contributed by atoms with E-state index < -0.39 is 67.4 Å². The number of nitrogens with one attached hydrogen (secondary N) is 2. The van der Waals surface area contributed by atoms with Crippen molar-refractivity contribution in [1.82, 2.24) is 10.2 Å². The number of phenols is 1. The molecule has 2 aromatic rings. The van der Waals surface area contributed by atoms with Crippen LogP contribution in [-0.2, 0) is 25.7 Å². The first kappa shape index (κ1) is 31.5. The molecule has 0 saturated heterocycles. The molecule has 0 saturated carbocycles. The van der Waals surface area contributed by atoms with E-state index in [9.17, 15) is 36.3 Å². The Labute approximate surface area is 235 Å². The number of benzene rings is 1. The fourth-order valence-electron chi connectivity index (χ4n) is 3.97. The van der Waals surface area contributed by atoms with E-state index in [4.69, 9.17) is 9.15 Å². The number of esters is 1. The van der Waals surface area contributed by atoms with E-state index in [-0.39, 0.29) is 18.2 Å². The number of carbonyl (C=O) groups is 2. The summed E-state index contributed by atoms with van der Waals surface area (Å²) in [5.74, 6) is -3.42. The summed E-state index contributed by atoms with van der Waals surface area (Å²) >= 11 is 0. The molecule has 0 fully saturated rings. The summed E-state index contributed by atoms with van der Waals surface area (Å²) in [6.45, 7) is 7.00. The molecule has 224 valence electrons. The predicted octanol–water partition coefficient (Wildman–Crippen LogP) is 4.50. The van der Waals surface area contributed by atoms with E-state index in [1.165, 1.54) is 21.0 Å². The van der Waals surface area contributed by atoms with Gasteiger partial charge in [-0.05, 0) is 43.0 Å². The first-order valence-electron chi connectivity index (χ1n) is 12.6. The molecule has 1 aromatic heterocycles. The van der Waals surface area contributed by atoms with Crippen LogP contribution >= 0.6 is 0 Å². The zero-order valence-electron chi connectivity index (χ0n) is 23.2. The van der Waals surface area contributed by atoms with E-state index in [1.54, 1.807) is 19.3 Å². The third-order valence-electron chi connectivity index (χ3n) is 6.13. The second-order valence-electron chi connectivity index (χ2n) is 9.59. The van der Waals surface area contributed by atoms with Crippen molar-refractivity contribution in [3.8, 4) is 5.75 Å². The lowest BCUT2D eigenvalue weighted by Gasteiger charge is -2.21. The molecule has 2 heterocycles. The van der Waals surface area contributed by atoms with Crippen LogP contribution in [0.25, 0.3) is 0 Å². The van der Waals surface area contributed by atoms with E-state index >= 15 is 0 Å². The summed E-state index contributed by atoms with van der Waals surface area (Å²) in [7, 11) is -2.25. The molecule has 1 aromatic carbocycles. The van der Waals surface area contributed by atoms with Crippen LogP contribution in [0, 0.1) is 0 Å². The molecule has 1 aliphatic heterocycles. The molecular formula is C26H31F3N4O7S. The SMILES string of the molecule is CCOC(=O)C1=C(N[C@H](CC)c2cc(C(C)C)co2)C(Nc2ccc(C(F)(F)F)c(C(=O)N(C)C)c2O)=NS1(=O)=O. The quantitative estimate of drug-likeness (QED) is 0.279. The second-order valence-corrected chi connectivity index (χ2v) is 11.1. The molecule has 1 aliphatic rings. The van der Waals surface area contributed by atoms with Crippen molar-refractivity contribution in [2.45, 2.75) is 52.3 Å². The number of amidine groups is 1. The Balaban J connectivity index is 2.16. The van der Waals surface area contributed by atoms with Crippen LogP contribution in [0.15, 0.2) is 43.9 Å². The van der Waals surface area contributed by atoms with Gasteiger partial charge in [0.05, 0.1) is 35.7 Å². The van der Waals surface area contributed by atoms with Gasteiger partial charge >= 0.3 is 12.1 Å². The first-order chi connectivity index (χ1) is 19.0. The van der Waals surface area contributed by atoms with E-state index in [0.29, 0.717) is 18.2 Å². The second kappa shape index (κ2) is 11.8. The molecule has 1 amide bonds. The number of phenolic OH excluding ortho intramolecular Hbond substituents is 1. The van der Waals surface area contributed by atoms with Crippen LogP contribution in [0.3, 0.4) is 0 Å². The lowest BCUT2D eigenvalue weighted by molar-refractivity contribution is -0.138. The molecule has 3 N–H and O–H groups in total. The molecule has 1 atom stereocenters. The van der Waals surface area contributed by atoms with Crippen LogP contribution in [0.4, 0.5) is 18.9 Å². The summed E-state index contributed by atoms with van der Waals surface area (Å²) in [6, 6.07) is 2.48. The monoisotopic (exact) mass is 600 g/mol. The van der Waals surface area contributed by atoms with Crippen molar-refractivity contribution in [2.24, 2.45) is 4.40 Å². The molecule has 41 heavy (non-hydrogen) atoms. The molecule has 0 aliphatic carbocycles. The Kier molecular flexibility index (Phi) is 9.11. The molecule has 0 bridgehead atoms. The molecule has 15 heteroatoms. The highest BCUT2D eigenvalue weighted by Gasteiger charge is 2.41. The van der Waals surface area contributed by atoms with Gasteiger partial charge in [0, 0.05) is 14.1 Å². The topological polar surface area (TPSA) is 151 Å². The van der Waals surface area contributed by atoms with Crippen molar-refractivity contribution in [3.05, 3.63) is 57.5 Å². The highest BCUT2D eigenvalue weighted by atomic mass is 32.2. The minimum absolute atomic E-state index is 0.131. The smallest absolute Gasteiger partial charge is 0.417 e. The maximum atomic E-state index is 13.7. The van der Waals surface area contributed by atoms with Gasteiger partial charge in [-0.3, -0.25) is 4.79 Å². The zero-order chi connectivity index (χ0) is 30.9. The van der Waals surface area contributed by atoms with Crippen molar-refractivity contribution >= 4 is 33.4 Å². The molecular weight excluding hydrogens is 569 g/mol. The number of alkyl halides is 3. The molecule has 0 radical (unpaired) electrons. The minimum atomic E-state index is -4.98. The number of hydrogen-bond donors (Lipinski definition) is 3. The normalized spacial score (nSPS) is 15.5. The van der Waals surface area contributed by atoms with Crippen LogP contribution in [0.2, 0.25) is 0 Å². The largest absolute Gasteiger partial charge is 0.505 e. The Morgan fingerprint density at radius 2 is 1.85 bits per heavy atom. The van der Waals surface area contributed by atoms with Crippen molar-refractivity contribution in [2.75, 3.05) is 26.0 Å². The maximum absolute atomic E-state index is 13.7. The number of furan rings is 1. The van der Waals surface area contributed by atoms with Gasteiger partial charge < -0.3 is 29.8 Å². The summed E-state index contributed by atoms with van der Waals surface area (Å²) in [5, 5.41) is 16.2. The zero-order valence-corrected chi connectivity index (χ0v) is 24.0. The number of halogens is 3. The van der Waals surface area contributed by atoms with Crippen LogP contribution < -0.4 is 10.6 Å². The summed E-state index contributed by atoms with van der Waals surface area (Å²) in [4.78, 5) is 25.4. The van der Waals surface area contributed by atoms with Gasteiger partial charge in [0.2, 0.25) is 4.91 Å². The van der Waals surface area contributed by atoms with Crippen molar-refractivity contribution < 1.29 is 45.4 Å². The van der Waals surface area contributed by atoms with Crippen LogP contribution in [0.5, 0.6) is 5.75 Å². The fraction of sp³-hybridized carbons (Fsp3) is 0.423. The van der Waals surface area contributed by atoms with Gasteiger partial charge in [0.15, 0.2) is 11.6 Å². The number of carbonyl (C=O) groups excluding carboxylic acids is 2. The van der Waals surface area contributed by atoms with Crippen molar-refractivity contribution in [3.63, 3.8) is 0 Å². The van der Waals surface area contributed by atoms with Gasteiger partial charge in [0.1, 0.15) is 11.5 Å². The number of ether oxygens (including phenoxy) is 1. The lowest BCUT2D eigenvalue weighted by Crippen LogP contribution is -2.30. The first-order valence-corrected chi connectivity index (χ1v) is 14.0. The number of aromatic hydroxyl groups is 1. The Morgan fingerprint density at radius 3 is 2.37 bits per heavy atom. The maximum Gasteiger partial charge on any atom is 0.417 e. The van der Waals surface area contributed by atoms with Gasteiger partial charge in [-0.25, -0.2) is 4.79 Å². The number of anilines is 1. The fourth-order valence-corrected chi connectivity index (χ4v) is 5.12. The van der Waals surface area contributed by atoms with Gasteiger partial charge in [-0.2, -0.15) is 21.6 Å². The van der Waals surface area contributed by atoms with E-state index in [0.717, 1.165) is 16.5 Å². The summed E-state index contributed by atoms with van der Waals surface area (Å²) in [6.07, 6.45) is -3.08. The Hall–Kier alpha value is -4.01.